The summed E-state index contributed by atoms with van der Waals surface area (Å²) in [6.45, 7) is 7.69. The molecule has 0 aromatic carbocycles. The fourth-order valence-electron chi connectivity index (χ4n) is 1.22. The van der Waals surface area contributed by atoms with Crippen molar-refractivity contribution in [3.8, 4) is 0 Å². The summed E-state index contributed by atoms with van der Waals surface area (Å²) in [7, 11) is 4.03. The first-order valence-electron chi connectivity index (χ1n) is 4.23. The van der Waals surface area contributed by atoms with Gasteiger partial charge in [-0.3, -0.25) is 0 Å². The van der Waals surface area contributed by atoms with E-state index in [9.17, 15) is 0 Å². The number of allylic oxidation sites excluding steroid dienone is 3. The number of nitrogens with zero attached hydrogens (tertiary/aromatic N) is 1. The molecule has 0 saturated heterocycles. The zero-order valence-corrected chi connectivity index (χ0v) is 9.03. The molecule has 70 valence electrons. The van der Waals surface area contributed by atoms with Crippen LogP contribution in [0.3, 0.4) is 0 Å². The summed E-state index contributed by atoms with van der Waals surface area (Å²) < 4.78 is 0. The zero-order valence-electron chi connectivity index (χ0n) is 8.21. The van der Waals surface area contributed by atoms with E-state index in [4.69, 9.17) is 0 Å². The largest absolute Gasteiger partial charge is 0.375 e. The normalized spacial score (nSPS) is 20.2. The maximum atomic E-state index is 4.00. The molecule has 0 bridgehead atoms. The van der Waals surface area contributed by atoms with Crippen molar-refractivity contribution in [2.45, 2.75) is 6.42 Å². The van der Waals surface area contributed by atoms with E-state index in [-0.39, 0.29) is 0 Å². The molecule has 0 N–H and O–H groups in total. The minimum atomic E-state index is 0.455. The second kappa shape index (κ2) is 4.40. The predicted octanol–water partition coefficient (Wildman–Crippen LogP) is 3.00. The minimum Gasteiger partial charge on any atom is -0.375 e. The van der Waals surface area contributed by atoms with Crippen LogP contribution in [0.4, 0.5) is 0 Å². The monoisotopic (exact) mass is 193 g/mol. The molecule has 1 rings (SSSR count). The highest BCUT2D eigenvalue weighted by Crippen LogP contribution is 2.35. The third kappa shape index (κ3) is 2.55. The standard InChI is InChI=1S/C11H15NS/c1-5-11(12(3)4)8-10-6-7-13-9(10)2/h6-7,10H,1-2,8H2,3-4H3. The van der Waals surface area contributed by atoms with E-state index < -0.39 is 0 Å². The van der Waals surface area contributed by atoms with Crippen LogP contribution in [-0.2, 0) is 0 Å². The molecular formula is C11H15NS. The maximum Gasteiger partial charge on any atom is 0.0562 e. The summed E-state index contributed by atoms with van der Waals surface area (Å²) >= 11 is 1.71. The van der Waals surface area contributed by atoms with Gasteiger partial charge in [0.05, 0.1) is 5.70 Å². The van der Waals surface area contributed by atoms with Gasteiger partial charge in [-0.2, -0.15) is 0 Å². The van der Waals surface area contributed by atoms with Gasteiger partial charge in [0.15, 0.2) is 0 Å². The van der Waals surface area contributed by atoms with Crippen molar-refractivity contribution in [3.63, 3.8) is 0 Å². The second-order valence-corrected chi connectivity index (χ2v) is 4.27. The quantitative estimate of drug-likeness (QED) is 0.634. The van der Waals surface area contributed by atoms with E-state index in [0.29, 0.717) is 5.92 Å². The fraction of sp³-hybridized carbons (Fsp3) is 0.364. The Hall–Kier alpha value is -0.850. The van der Waals surface area contributed by atoms with Gasteiger partial charge in [0, 0.05) is 26.4 Å². The lowest BCUT2D eigenvalue weighted by Crippen LogP contribution is -2.13. The van der Waals surface area contributed by atoms with Gasteiger partial charge in [0.1, 0.15) is 0 Å². The van der Waals surface area contributed by atoms with Gasteiger partial charge in [-0.05, 0) is 10.3 Å². The highest BCUT2D eigenvalue weighted by atomic mass is 32.2. The lowest BCUT2D eigenvalue weighted by Gasteiger charge is -2.18. The number of hydrogen-bond donors (Lipinski definition) is 0. The summed E-state index contributed by atoms with van der Waals surface area (Å²) in [6.07, 6.45) is 3.15. The van der Waals surface area contributed by atoms with Gasteiger partial charge in [0.2, 0.25) is 0 Å². The molecule has 0 aromatic heterocycles. The molecule has 1 aliphatic rings. The van der Waals surface area contributed by atoms with Crippen LogP contribution in [0.2, 0.25) is 0 Å². The average Bonchev–Trinajstić information content (AvgIpc) is 2.46. The Balaban J connectivity index is 2.62. The molecular weight excluding hydrogens is 178 g/mol. The molecule has 0 aromatic rings. The molecule has 13 heavy (non-hydrogen) atoms. The first kappa shape index (κ1) is 10.2. The number of hydrogen-bond acceptors (Lipinski definition) is 2. The third-order valence-corrected chi connectivity index (χ3v) is 3.00. The van der Waals surface area contributed by atoms with Crippen LogP contribution in [0.1, 0.15) is 6.42 Å². The van der Waals surface area contributed by atoms with Gasteiger partial charge < -0.3 is 4.90 Å². The van der Waals surface area contributed by atoms with E-state index in [1.165, 1.54) is 4.91 Å². The molecule has 1 unspecified atom stereocenters. The van der Waals surface area contributed by atoms with Gasteiger partial charge in [-0.25, -0.2) is 0 Å². The zero-order chi connectivity index (χ0) is 9.84. The Labute approximate surface area is 84.5 Å². The van der Waals surface area contributed by atoms with Crippen molar-refractivity contribution in [1.82, 2.24) is 4.90 Å². The van der Waals surface area contributed by atoms with E-state index in [1.807, 2.05) is 14.1 Å². The van der Waals surface area contributed by atoms with Crippen LogP contribution >= 0.6 is 11.8 Å². The van der Waals surface area contributed by atoms with Crippen LogP contribution in [0.15, 0.2) is 41.0 Å². The van der Waals surface area contributed by atoms with E-state index in [2.05, 4.69) is 35.3 Å². The molecule has 0 spiro atoms. The first-order valence-corrected chi connectivity index (χ1v) is 5.11. The molecule has 0 saturated carbocycles. The Morgan fingerprint density at radius 1 is 1.69 bits per heavy atom. The lowest BCUT2D eigenvalue weighted by atomic mass is 10.0. The molecule has 1 heterocycles. The van der Waals surface area contributed by atoms with Gasteiger partial charge in [-0.15, -0.1) is 17.5 Å². The summed E-state index contributed by atoms with van der Waals surface area (Å²) in [5.74, 6) is 0.455. The average molecular weight is 193 g/mol. The third-order valence-electron chi connectivity index (χ3n) is 2.10. The van der Waals surface area contributed by atoms with Crippen molar-refractivity contribution in [2.75, 3.05) is 14.1 Å². The molecule has 0 aliphatic carbocycles. The van der Waals surface area contributed by atoms with Crippen LogP contribution < -0.4 is 0 Å². The molecule has 0 radical (unpaired) electrons. The van der Waals surface area contributed by atoms with Crippen molar-refractivity contribution in [2.24, 2.45) is 5.92 Å². The summed E-state index contributed by atoms with van der Waals surface area (Å²) in [6, 6.07) is 0. The molecule has 2 heteroatoms. The first-order chi connectivity index (χ1) is 6.15. The van der Waals surface area contributed by atoms with E-state index in [1.54, 1.807) is 11.8 Å². The lowest BCUT2D eigenvalue weighted by molar-refractivity contribution is 0.475. The predicted molar refractivity (Wildman–Crippen MR) is 60.3 cm³/mol. The van der Waals surface area contributed by atoms with Crippen LogP contribution in [0.25, 0.3) is 0 Å². The molecule has 1 nitrogen and oxygen atoms in total. The van der Waals surface area contributed by atoms with Crippen molar-refractivity contribution in [3.05, 3.63) is 41.0 Å². The molecule has 1 atom stereocenters. The van der Waals surface area contributed by atoms with Crippen molar-refractivity contribution >= 4 is 11.8 Å². The molecule has 0 fully saturated rings. The Bertz CT molecular complexity index is 282. The van der Waals surface area contributed by atoms with E-state index in [0.717, 1.165) is 12.1 Å². The SMILES string of the molecule is C=C=C(CC1C=CSC1=C)N(C)C. The van der Waals surface area contributed by atoms with Crippen molar-refractivity contribution < 1.29 is 0 Å². The summed E-state index contributed by atoms with van der Waals surface area (Å²) in [5.41, 5.74) is 4.09. The van der Waals surface area contributed by atoms with Gasteiger partial charge in [0.25, 0.3) is 0 Å². The summed E-state index contributed by atoms with van der Waals surface area (Å²) in [5, 5.41) is 2.10. The molecule has 0 amide bonds. The second-order valence-electron chi connectivity index (χ2n) is 3.24. The highest BCUT2D eigenvalue weighted by molar-refractivity contribution is 8.06. The maximum absolute atomic E-state index is 4.00. The van der Waals surface area contributed by atoms with Crippen LogP contribution in [-0.4, -0.2) is 19.0 Å². The smallest absolute Gasteiger partial charge is 0.0562 e. The Kier molecular flexibility index (Phi) is 3.47. The number of rotatable bonds is 3. The van der Waals surface area contributed by atoms with Crippen LogP contribution in [0.5, 0.6) is 0 Å². The Morgan fingerprint density at radius 2 is 2.38 bits per heavy atom. The minimum absolute atomic E-state index is 0.455. The number of thioether (sulfide) groups is 1. The summed E-state index contributed by atoms with van der Waals surface area (Å²) in [4.78, 5) is 3.27. The topological polar surface area (TPSA) is 3.24 Å². The van der Waals surface area contributed by atoms with Gasteiger partial charge >= 0.3 is 0 Å². The fourth-order valence-corrected chi connectivity index (χ4v) is 2.00. The van der Waals surface area contributed by atoms with Gasteiger partial charge in [-0.1, -0.05) is 19.2 Å². The Morgan fingerprint density at radius 3 is 2.77 bits per heavy atom. The van der Waals surface area contributed by atoms with Crippen molar-refractivity contribution in [1.29, 1.82) is 0 Å². The highest BCUT2D eigenvalue weighted by Gasteiger charge is 2.16. The van der Waals surface area contributed by atoms with Crippen LogP contribution in [0, 0.1) is 5.92 Å². The molecule has 1 aliphatic heterocycles. The van der Waals surface area contributed by atoms with E-state index >= 15 is 0 Å².